The van der Waals surface area contributed by atoms with Gasteiger partial charge in [-0.1, -0.05) is 18.7 Å². The van der Waals surface area contributed by atoms with Crippen molar-refractivity contribution in [2.75, 3.05) is 5.75 Å². The molecule has 0 radical (unpaired) electrons. The van der Waals surface area contributed by atoms with Crippen LogP contribution >= 0.6 is 11.8 Å². The molecule has 2 aromatic rings. The third-order valence-electron chi connectivity index (χ3n) is 2.81. The minimum Gasteiger partial charge on any atom is -0.481 e. The summed E-state index contributed by atoms with van der Waals surface area (Å²) in [5.74, 6) is -0.0796. The molecular weight excluding hydrogens is 278 g/mol. The van der Waals surface area contributed by atoms with Crippen LogP contribution in [0, 0.1) is 0 Å². The summed E-state index contributed by atoms with van der Waals surface area (Å²) in [5.41, 5.74) is 0. The second-order valence-electron chi connectivity index (χ2n) is 4.34. The summed E-state index contributed by atoms with van der Waals surface area (Å²) in [5, 5.41) is 21.9. The smallest absolute Gasteiger partial charge is 0.313 e. The van der Waals surface area contributed by atoms with Gasteiger partial charge in [-0.3, -0.25) is 9.48 Å². The average Bonchev–Trinajstić information content (AvgIpc) is 3.06. The fourth-order valence-corrected chi connectivity index (χ4v) is 2.60. The lowest BCUT2D eigenvalue weighted by Crippen LogP contribution is -2.15. The molecule has 0 aliphatic heterocycles. The molecule has 8 heteroatoms. The Morgan fingerprint density at radius 2 is 2.30 bits per heavy atom. The molecule has 0 saturated heterocycles. The molecule has 20 heavy (non-hydrogen) atoms. The van der Waals surface area contributed by atoms with Crippen LogP contribution in [0.5, 0.6) is 0 Å². The van der Waals surface area contributed by atoms with Gasteiger partial charge < -0.3 is 9.67 Å². The van der Waals surface area contributed by atoms with Gasteiger partial charge in [-0.2, -0.15) is 5.10 Å². The van der Waals surface area contributed by atoms with Gasteiger partial charge in [-0.25, -0.2) is 0 Å². The fraction of sp³-hybridized carbons (Fsp3) is 0.500. The molecule has 2 aromatic heterocycles. The first kappa shape index (κ1) is 14.6. The zero-order chi connectivity index (χ0) is 14.5. The number of aliphatic carboxylic acids is 1. The van der Waals surface area contributed by atoms with Gasteiger partial charge in [0.05, 0.1) is 5.75 Å². The van der Waals surface area contributed by atoms with Crippen molar-refractivity contribution in [2.45, 2.75) is 38.0 Å². The van der Waals surface area contributed by atoms with Crippen LogP contribution in [0.4, 0.5) is 0 Å². The zero-order valence-corrected chi connectivity index (χ0v) is 12.2. The SMILES string of the molecule is CCCn1c(SCC(=O)O)nnc1C(C)n1cccn1. The van der Waals surface area contributed by atoms with Crippen molar-refractivity contribution in [1.82, 2.24) is 24.5 Å². The van der Waals surface area contributed by atoms with Crippen molar-refractivity contribution >= 4 is 17.7 Å². The highest BCUT2D eigenvalue weighted by Crippen LogP contribution is 2.22. The van der Waals surface area contributed by atoms with Crippen LogP contribution < -0.4 is 0 Å². The van der Waals surface area contributed by atoms with Gasteiger partial charge in [0.25, 0.3) is 0 Å². The highest BCUT2D eigenvalue weighted by molar-refractivity contribution is 7.99. The van der Waals surface area contributed by atoms with Crippen LogP contribution in [0.1, 0.15) is 32.1 Å². The zero-order valence-electron chi connectivity index (χ0n) is 11.4. The molecule has 0 spiro atoms. The van der Waals surface area contributed by atoms with E-state index in [1.54, 1.807) is 6.20 Å². The van der Waals surface area contributed by atoms with Gasteiger partial charge in [-0.05, 0) is 19.4 Å². The number of carbonyl (C=O) groups is 1. The van der Waals surface area contributed by atoms with Crippen LogP contribution in [0.25, 0.3) is 0 Å². The second kappa shape index (κ2) is 6.56. The third kappa shape index (κ3) is 3.19. The second-order valence-corrected chi connectivity index (χ2v) is 5.28. The highest BCUT2D eigenvalue weighted by atomic mass is 32.2. The van der Waals surface area contributed by atoms with E-state index in [2.05, 4.69) is 22.2 Å². The number of hydrogen-bond acceptors (Lipinski definition) is 5. The summed E-state index contributed by atoms with van der Waals surface area (Å²) in [6.07, 6.45) is 4.52. The molecule has 0 fully saturated rings. The first-order chi connectivity index (χ1) is 9.63. The first-order valence-electron chi connectivity index (χ1n) is 6.40. The van der Waals surface area contributed by atoms with E-state index in [9.17, 15) is 4.79 Å². The van der Waals surface area contributed by atoms with Crippen molar-refractivity contribution in [3.8, 4) is 0 Å². The number of carboxylic acids is 1. The maximum absolute atomic E-state index is 10.7. The van der Waals surface area contributed by atoms with Gasteiger partial charge in [0.1, 0.15) is 6.04 Å². The minimum absolute atomic E-state index is 0.0159. The van der Waals surface area contributed by atoms with Gasteiger partial charge in [-0.15, -0.1) is 10.2 Å². The lowest BCUT2D eigenvalue weighted by atomic mass is 10.3. The lowest BCUT2D eigenvalue weighted by Gasteiger charge is -2.14. The molecule has 1 unspecified atom stereocenters. The Morgan fingerprint density at radius 1 is 1.50 bits per heavy atom. The Bertz CT molecular complexity index is 566. The average molecular weight is 295 g/mol. The van der Waals surface area contributed by atoms with E-state index in [4.69, 9.17) is 5.11 Å². The fourth-order valence-electron chi connectivity index (χ4n) is 1.90. The van der Waals surface area contributed by atoms with E-state index in [-0.39, 0.29) is 11.8 Å². The summed E-state index contributed by atoms with van der Waals surface area (Å²) in [6.45, 7) is 4.82. The van der Waals surface area contributed by atoms with E-state index in [1.807, 2.05) is 28.4 Å². The molecule has 0 amide bonds. The molecule has 0 bridgehead atoms. The third-order valence-corrected chi connectivity index (χ3v) is 3.76. The molecule has 2 rings (SSSR count). The van der Waals surface area contributed by atoms with E-state index in [1.165, 1.54) is 11.8 Å². The summed E-state index contributed by atoms with van der Waals surface area (Å²) in [7, 11) is 0. The molecule has 0 aromatic carbocycles. The van der Waals surface area contributed by atoms with Gasteiger partial charge in [0.2, 0.25) is 0 Å². The van der Waals surface area contributed by atoms with Crippen molar-refractivity contribution in [3.63, 3.8) is 0 Å². The Labute approximate surface area is 121 Å². The van der Waals surface area contributed by atoms with Crippen molar-refractivity contribution in [2.24, 2.45) is 0 Å². The number of carboxylic acid groups (broad SMARTS) is 1. The van der Waals surface area contributed by atoms with E-state index < -0.39 is 5.97 Å². The van der Waals surface area contributed by atoms with Gasteiger partial charge in [0.15, 0.2) is 11.0 Å². The first-order valence-corrected chi connectivity index (χ1v) is 7.38. The lowest BCUT2D eigenvalue weighted by molar-refractivity contribution is -0.133. The summed E-state index contributed by atoms with van der Waals surface area (Å²) in [6, 6.07) is 1.82. The standard InChI is InChI=1S/C12H17N5O2S/c1-3-6-16-11(9(2)17-7-4-5-13-17)14-15-12(16)20-8-10(18)19/h4-5,7,9H,3,6,8H2,1-2H3,(H,18,19). The molecule has 0 aliphatic carbocycles. The van der Waals surface area contributed by atoms with E-state index in [0.717, 1.165) is 18.8 Å². The predicted molar refractivity (Wildman–Crippen MR) is 74.7 cm³/mol. The summed E-state index contributed by atoms with van der Waals surface area (Å²) < 4.78 is 3.78. The van der Waals surface area contributed by atoms with Crippen LogP contribution in [0.15, 0.2) is 23.6 Å². The molecule has 0 saturated carbocycles. The number of aromatic nitrogens is 5. The van der Waals surface area contributed by atoms with Gasteiger partial charge in [0, 0.05) is 18.9 Å². The Kier molecular flexibility index (Phi) is 4.78. The number of rotatable bonds is 7. The van der Waals surface area contributed by atoms with Gasteiger partial charge >= 0.3 is 5.97 Å². The van der Waals surface area contributed by atoms with Crippen molar-refractivity contribution < 1.29 is 9.90 Å². The molecule has 0 aliphatic rings. The predicted octanol–water partition coefficient (Wildman–Crippen LogP) is 1.67. The summed E-state index contributed by atoms with van der Waals surface area (Å²) in [4.78, 5) is 10.7. The van der Waals surface area contributed by atoms with Crippen LogP contribution in [-0.2, 0) is 11.3 Å². The number of nitrogens with zero attached hydrogens (tertiary/aromatic N) is 5. The van der Waals surface area contributed by atoms with Crippen LogP contribution in [-0.4, -0.2) is 41.4 Å². The van der Waals surface area contributed by atoms with E-state index >= 15 is 0 Å². The topological polar surface area (TPSA) is 85.8 Å². The van der Waals surface area contributed by atoms with Crippen LogP contribution in [0.3, 0.4) is 0 Å². The quantitative estimate of drug-likeness (QED) is 0.782. The van der Waals surface area contributed by atoms with Crippen molar-refractivity contribution in [3.05, 3.63) is 24.3 Å². The molecular formula is C12H17N5O2S. The maximum atomic E-state index is 10.7. The molecule has 1 N–H and O–H groups in total. The molecule has 108 valence electrons. The maximum Gasteiger partial charge on any atom is 0.313 e. The largest absolute Gasteiger partial charge is 0.481 e. The Balaban J connectivity index is 2.26. The van der Waals surface area contributed by atoms with Crippen LogP contribution in [0.2, 0.25) is 0 Å². The number of hydrogen-bond donors (Lipinski definition) is 1. The molecule has 2 heterocycles. The van der Waals surface area contributed by atoms with Crippen molar-refractivity contribution in [1.29, 1.82) is 0 Å². The molecule has 1 atom stereocenters. The Morgan fingerprint density at radius 3 is 2.90 bits per heavy atom. The highest BCUT2D eigenvalue weighted by Gasteiger charge is 2.19. The monoisotopic (exact) mass is 295 g/mol. The Hall–Kier alpha value is -1.83. The normalized spacial score (nSPS) is 12.5. The number of thioether (sulfide) groups is 1. The summed E-state index contributed by atoms with van der Waals surface area (Å²) >= 11 is 1.19. The van der Waals surface area contributed by atoms with E-state index in [0.29, 0.717) is 5.16 Å². The minimum atomic E-state index is -0.859. The molecule has 7 nitrogen and oxygen atoms in total.